The molecule has 0 bridgehead atoms. The number of carbonyl (C=O) groups is 1. The van der Waals surface area contributed by atoms with E-state index in [9.17, 15) is 4.79 Å². The van der Waals surface area contributed by atoms with Gasteiger partial charge in [0.25, 0.3) is 5.91 Å². The second-order valence-corrected chi connectivity index (χ2v) is 7.32. The van der Waals surface area contributed by atoms with E-state index in [0.717, 1.165) is 34.1 Å². The second-order valence-electron chi connectivity index (χ2n) is 6.36. The van der Waals surface area contributed by atoms with Crippen molar-refractivity contribution >= 4 is 39.9 Å². The van der Waals surface area contributed by atoms with Crippen molar-refractivity contribution < 1.29 is 9.53 Å². The van der Waals surface area contributed by atoms with Gasteiger partial charge < -0.3 is 10.1 Å². The third-order valence-corrected chi connectivity index (χ3v) is 5.37. The summed E-state index contributed by atoms with van der Waals surface area (Å²) in [7, 11) is 0. The second kappa shape index (κ2) is 7.44. The van der Waals surface area contributed by atoms with Gasteiger partial charge in [0.15, 0.2) is 11.8 Å². The number of anilines is 1. The Morgan fingerprint density at radius 1 is 1.30 bits per heavy atom. The number of amidine groups is 1. The number of ether oxygens (including phenoxy) is 1. The van der Waals surface area contributed by atoms with Gasteiger partial charge >= 0.3 is 0 Å². The van der Waals surface area contributed by atoms with Crippen LogP contribution in [0.15, 0.2) is 46.5 Å². The van der Waals surface area contributed by atoms with Gasteiger partial charge in [0.2, 0.25) is 0 Å². The van der Waals surface area contributed by atoms with Crippen molar-refractivity contribution in [3.05, 3.63) is 53.1 Å². The standard InChI is InChI=1S/C20H20N4O2S/c1-3-13-6-4-5-12(2)19(13)22-20-24-23-16(11-27-20)14-7-8-17-15(9-14)21-18(25)10-26-17/h4-9H,3,10-11H2,1-2H3,(H,21,25)(H,22,24). The van der Waals surface area contributed by atoms with E-state index >= 15 is 0 Å². The number of benzene rings is 2. The highest BCUT2D eigenvalue weighted by atomic mass is 32.2. The van der Waals surface area contributed by atoms with Gasteiger partial charge in [0.05, 0.1) is 17.1 Å². The van der Waals surface area contributed by atoms with Crippen LogP contribution in [0.2, 0.25) is 0 Å². The van der Waals surface area contributed by atoms with Crippen LogP contribution in [0.3, 0.4) is 0 Å². The van der Waals surface area contributed by atoms with Crippen LogP contribution in [-0.2, 0) is 11.2 Å². The van der Waals surface area contributed by atoms with E-state index in [1.807, 2.05) is 18.2 Å². The number of hydrazone groups is 1. The van der Waals surface area contributed by atoms with Gasteiger partial charge in [-0.25, -0.2) is 4.99 Å². The average Bonchev–Trinajstić information content (AvgIpc) is 2.69. The number of nitrogens with zero attached hydrogens (tertiary/aromatic N) is 2. The van der Waals surface area contributed by atoms with Crippen LogP contribution in [0.5, 0.6) is 5.75 Å². The zero-order chi connectivity index (χ0) is 18.8. The molecule has 2 aromatic rings. The number of aryl methyl sites for hydroxylation is 2. The first kappa shape index (κ1) is 17.6. The minimum Gasteiger partial charge on any atom is -0.482 e. The molecule has 6 nitrogen and oxygen atoms in total. The maximum absolute atomic E-state index is 11.5. The first-order valence-electron chi connectivity index (χ1n) is 8.83. The summed E-state index contributed by atoms with van der Waals surface area (Å²) in [6.07, 6.45) is 0.940. The lowest BCUT2D eigenvalue weighted by Gasteiger charge is -2.20. The zero-order valence-corrected chi connectivity index (χ0v) is 16.0. The molecule has 2 N–H and O–H groups in total. The largest absolute Gasteiger partial charge is 0.482 e. The third kappa shape index (κ3) is 3.68. The lowest BCUT2D eigenvalue weighted by atomic mass is 10.1. The summed E-state index contributed by atoms with van der Waals surface area (Å²) in [5, 5.41) is 8.11. The van der Waals surface area contributed by atoms with Crippen molar-refractivity contribution in [1.82, 2.24) is 5.43 Å². The predicted molar refractivity (Wildman–Crippen MR) is 110 cm³/mol. The number of fused-ring (bicyclic) bond motifs is 1. The predicted octanol–water partition coefficient (Wildman–Crippen LogP) is 3.62. The Morgan fingerprint density at radius 2 is 2.19 bits per heavy atom. The van der Waals surface area contributed by atoms with Gasteiger partial charge in [0.1, 0.15) is 5.75 Å². The smallest absolute Gasteiger partial charge is 0.262 e. The highest BCUT2D eigenvalue weighted by Crippen LogP contribution is 2.30. The van der Waals surface area contributed by atoms with Crippen molar-refractivity contribution in [2.45, 2.75) is 20.3 Å². The summed E-state index contributed by atoms with van der Waals surface area (Å²) in [6.45, 7) is 4.27. The lowest BCUT2D eigenvalue weighted by Crippen LogP contribution is -2.27. The number of nitrogens with one attached hydrogen (secondary N) is 2. The van der Waals surface area contributed by atoms with Crippen molar-refractivity contribution in [3.63, 3.8) is 0 Å². The van der Waals surface area contributed by atoms with Crippen molar-refractivity contribution in [2.24, 2.45) is 10.1 Å². The summed E-state index contributed by atoms with van der Waals surface area (Å²) in [5.74, 6) is 1.24. The molecule has 7 heteroatoms. The molecule has 2 aliphatic heterocycles. The highest BCUT2D eigenvalue weighted by Gasteiger charge is 2.19. The minimum absolute atomic E-state index is 0.0587. The van der Waals surface area contributed by atoms with Gasteiger partial charge in [-0.3, -0.25) is 10.2 Å². The molecule has 1 amide bonds. The van der Waals surface area contributed by atoms with Crippen LogP contribution in [0.25, 0.3) is 0 Å². The Labute approximate surface area is 162 Å². The molecule has 0 saturated carbocycles. The molecule has 2 aliphatic rings. The first-order valence-corrected chi connectivity index (χ1v) is 9.82. The first-order chi connectivity index (χ1) is 13.1. The molecule has 0 fully saturated rings. The molecule has 2 heterocycles. The van der Waals surface area contributed by atoms with Gasteiger partial charge in [-0.2, -0.15) is 5.10 Å². The number of hydrogen-bond donors (Lipinski definition) is 2. The molecule has 0 aromatic heterocycles. The molecular formula is C20H20N4O2S. The molecule has 0 radical (unpaired) electrons. The molecular weight excluding hydrogens is 360 g/mol. The molecule has 4 rings (SSSR count). The fourth-order valence-corrected chi connectivity index (χ4v) is 3.82. The Kier molecular flexibility index (Phi) is 4.85. The van der Waals surface area contributed by atoms with Crippen molar-refractivity contribution in [1.29, 1.82) is 0 Å². The summed E-state index contributed by atoms with van der Waals surface area (Å²) < 4.78 is 5.40. The molecule has 0 saturated heterocycles. The zero-order valence-electron chi connectivity index (χ0n) is 15.2. The van der Waals surface area contributed by atoms with E-state index in [4.69, 9.17) is 9.73 Å². The van der Waals surface area contributed by atoms with Gasteiger partial charge in [0, 0.05) is 11.3 Å². The van der Waals surface area contributed by atoms with E-state index in [1.165, 1.54) is 5.56 Å². The van der Waals surface area contributed by atoms with Gasteiger partial charge in [-0.15, -0.1) is 0 Å². The number of aliphatic imine (C=N–C) groups is 1. The molecule has 27 heavy (non-hydrogen) atoms. The van der Waals surface area contributed by atoms with Crippen LogP contribution >= 0.6 is 11.8 Å². The normalized spacial score (nSPS) is 17.5. The van der Waals surface area contributed by atoms with Crippen LogP contribution in [0.4, 0.5) is 11.4 Å². The quantitative estimate of drug-likeness (QED) is 0.853. The molecule has 0 spiro atoms. The van der Waals surface area contributed by atoms with E-state index < -0.39 is 0 Å². The van der Waals surface area contributed by atoms with Crippen molar-refractivity contribution in [3.8, 4) is 5.75 Å². The van der Waals surface area contributed by atoms with E-state index in [2.05, 4.69) is 47.9 Å². The summed E-state index contributed by atoms with van der Waals surface area (Å²) >= 11 is 1.62. The molecule has 0 unspecified atom stereocenters. The summed E-state index contributed by atoms with van der Waals surface area (Å²) in [5.41, 5.74) is 9.00. The Balaban J connectivity index is 1.56. The maximum atomic E-state index is 11.5. The average molecular weight is 380 g/mol. The Hall–Kier alpha value is -2.80. The van der Waals surface area contributed by atoms with Gasteiger partial charge in [-0.1, -0.05) is 36.9 Å². The Bertz CT molecular complexity index is 968. The number of thioether (sulfide) groups is 1. The number of para-hydroxylation sites is 1. The van der Waals surface area contributed by atoms with E-state index in [-0.39, 0.29) is 12.5 Å². The maximum Gasteiger partial charge on any atom is 0.262 e. The molecule has 0 aliphatic carbocycles. The SMILES string of the molecule is CCc1cccc(C)c1N=C1NN=C(c2ccc3c(c2)NC(=O)CO3)CS1. The van der Waals surface area contributed by atoms with Crippen LogP contribution in [-0.4, -0.2) is 29.1 Å². The number of rotatable bonds is 3. The van der Waals surface area contributed by atoms with Crippen LogP contribution in [0.1, 0.15) is 23.6 Å². The minimum atomic E-state index is -0.142. The molecule has 138 valence electrons. The lowest BCUT2D eigenvalue weighted by molar-refractivity contribution is -0.118. The Morgan fingerprint density at radius 3 is 2.96 bits per heavy atom. The fraction of sp³-hybridized carbons (Fsp3) is 0.250. The van der Waals surface area contributed by atoms with E-state index in [0.29, 0.717) is 17.2 Å². The van der Waals surface area contributed by atoms with Crippen LogP contribution < -0.4 is 15.5 Å². The van der Waals surface area contributed by atoms with E-state index in [1.54, 1.807) is 11.8 Å². The molecule has 2 aromatic carbocycles. The monoisotopic (exact) mass is 380 g/mol. The number of amides is 1. The summed E-state index contributed by atoms with van der Waals surface area (Å²) in [6, 6.07) is 12.0. The number of carbonyl (C=O) groups excluding carboxylic acids is 1. The van der Waals surface area contributed by atoms with Crippen LogP contribution in [0, 0.1) is 6.92 Å². The van der Waals surface area contributed by atoms with Gasteiger partial charge in [-0.05, 0) is 42.7 Å². The fourth-order valence-electron chi connectivity index (χ4n) is 3.05. The molecule has 0 atom stereocenters. The third-order valence-electron chi connectivity index (χ3n) is 4.49. The summed E-state index contributed by atoms with van der Waals surface area (Å²) in [4.78, 5) is 16.3. The number of hydrogen-bond acceptors (Lipinski definition) is 5. The topological polar surface area (TPSA) is 75.1 Å². The highest BCUT2D eigenvalue weighted by molar-refractivity contribution is 8.14. The van der Waals surface area contributed by atoms with Crippen molar-refractivity contribution in [2.75, 3.05) is 17.7 Å².